The first-order valence-corrected chi connectivity index (χ1v) is 6.98. The van der Waals surface area contributed by atoms with Gasteiger partial charge < -0.3 is 5.32 Å². The van der Waals surface area contributed by atoms with Gasteiger partial charge in [-0.1, -0.05) is 29.3 Å². The van der Waals surface area contributed by atoms with Crippen LogP contribution in [0.15, 0.2) is 29.1 Å². The first-order valence-electron chi connectivity index (χ1n) is 5.28. The lowest BCUT2D eigenvalue weighted by Crippen LogP contribution is -2.17. The molecule has 1 N–H and O–H groups in total. The average Bonchev–Trinajstić information content (AvgIpc) is 2.80. The molecule has 2 aromatic rings. The van der Waals surface area contributed by atoms with Gasteiger partial charge in [0.25, 0.3) is 0 Å². The number of benzene rings is 1. The minimum absolute atomic E-state index is 0.683. The molecule has 0 bridgehead atoms. The zero-order chi connectivity index (χ0) is 12.1. The van der Waals surface area contributed by atoms with Gasteiger partial charge in [0, 0.05) is 40.5 Å². The van der Waals surface area contributed by atoms with E-state index in [0.29, 0.717) is 16.6 Å². The summed E-state index contributed by atoms with van der Waals surface area (Å²) in [6.07, 6.45) is 0.922. The minimum atomic E-state index is 0.683. The van der Waals surface area contributed by atoms with Crippen LogP contribution in [-0.4, -0.2) is 11.5 Å². The molecule has 1 heterocycles. The summed E-state index contributed by atoms with van der Waals surface area (Å²) in [7, 11) is 0. The van der Waals surface area contributed by atoms with Crippen LogP contribution >= 0.6 is 34.5 Å². The summed E-state index contributed by atoms with van der Waals surface area (Å²) in [6, 6.07) is 5.55. The molecule has 0 spiro atoms. The predicted molar refractivity (Wildman–Crippen MR) is 74.0 cm³/mol. The van der Waals surface area contributed by atoms with Gasteiger partial charge >= 0.3 is 0 Å². The summed E-state index contributed by atoms with van der Waals surface area (Å²) in [5.41, 5.74) is 3.92. The van der Waals surface area contributed by atoms with Gasteiger partial charge in [-0.15, -0.1) is 11.3 Å². The van der Waals surface area contributed by atoms with E-state index >= 15 is 0 Å². The van der Waals surface area contributed by atoms with Gasteiger partial charge in [-0.3, -0.25) is 0 Å². The Bertz CT molecular complexity index is 451. The van der Waals surface area contributed by atoms with E-state index in [2.05, 4.69) is 15.7 Å². The summed E-state index contributed by atoms with van der Waals surface area (Å²) in [4.78, 5) is 4.22. The first kappa shape index (κ1) is 12.8. The molecule has 0 saturated heterocycles. The Morgan fingerprint density at radius 1 is 1.24 bits per heavy atom. The third-order valence-corrected chi connectivity index (χ3v) is 3.75. The zero-order valence-electron chi connectivity index (χ0n) is 9.12. The van der Waals surface area contributed by atoms with Crippen molar-refractivity contribution in [3.63, 3.8) is 0 Å². The smallest absolute Gasteiger partial charge is 0.0794 e. The molecular formula is C12H12Cl2N2S. The van der Waals surface area contributed by atoms with E-state index in [1.165, 1.54) is 0 Å². The molecule has 0 amide bonds. The van der Waals surface area contributed by atoms with Crippen molar-refractivity contribution in [2.45, 2.75) is 13.0 Å². The fraction of sp³-hybridized carbons (Fsp3) is 0.250. The van der Waals surface area contributed by atoms with E-state index in [0.717, 1.165) is 24.2 Å². The molecule has 0 aliphatic carbocycles. The maximum Gasteiger partial charge on any atom is 0.0794 e. The molecule has 0 aliphatic heterocycles. The van der Waals surface area contributed by atoms with Crippen LogP contribution in [0, 0.1) is 0 Å². The van der Waals surface area contributed by atoms with Crippen LogP contribution in [0.5, 0.6) is 0 Å². The van der Waals surface area contributed by atoms with Crippen LogP contribution < -0.4 is 5.32 Å². The highest BCUT2D eigenvalue weighted by atomic mass is 35.5. The number of hydrogen-bond donors (Lipinski definition) is 1. The molecule has 1 aromatic heterocycles. The van der Waals surface area contributed by atoms with Crippen LogP contribution in [0.4, 0.5) is 0 Å². The highest BCUT2D eigenvalue weighted by Crippen LogP contribution is 2.23. The summed E-state index contributed by atoms with van der Waals surface area (Å²) >= 11 is 13.8. The Balaban J connectivity index is 1.82. The highest BCUT2D eigenvalue weighted by Gasteiger charge is 2.04. The summed E-state index contributed by atoms with van der Waals surface area (Å²) in [6.45, 7) is 1.55. The van der Waals surface area contributed by atoms with Crippen LogP contribution in [0.2, 0.25) is 10.0 Å². The molecule has 90 valence electrons. The van der Waals surface area contributed by atoms with Crippen LogP contribution in [0.3, 0.4) is 0 Å². The number of nitrogens with one attached hydrogen (secondary N) is 1. The minimum Gasteiger partial charge on any atom is -0.312 e. The molecule has 0 atom stereocenters. The van der Waals surface area contributed by atoms with Gasteiger partial charge in [-0.2, -0.15) is 0 Å². The molecule has 0 radical (unpaired) electrons. The molecule has 0 saturated carbocycles. The van der Waals surface area contributed by atoms with Crippen molar-refractivity contribution in [3.05, 3.63) is 50.4 Å². The fourth-order valence-corrected chi connectivity index (χ4v) is 2.62. The van der Waals surface area contributed by atoms with Crippen molar-refractivity contribution in [3.8, 4) is 0 Å². The number of thiazole rings is 1. The topological polar surface area (TPSA) is 24.9 Å². The third kappa shape index (κ3) is 3.68. The van der Waals surface area contributed by atoms with E-state index in [9.17, 15) is 0 Å². The molecule has 2 rings (SSSR count). The zero-order valence-corrected chi connectivity index (χ0v) is 11.4. The van der Waals surface area contributed by atoms with Crippen molar-refractivity contribution in [1.29, 1.82) is 0 Å². The second kappa shape index (κ2) is 6.36. The molecule has 2 nitrogen and oxygen atoms in total. The van der Waals surface area contributed by atoms with E-state index in [-0.39, 0.29) is 0 Å². The number of nitrogens with zero attached hydrogens (tertiary/aromatic N) is 1. The Morgan fingerprint density at radius 2 is 2.00 bits per heavy atom. The van der Waals surface area contributed by atoms with E-state index in [1.807, 2.05) is 23.7 Å². The van der Waals surface area contributed by atoms with Gasteiger partial charge in [0.15, 0.2) is 0 Å². The molecule has 0 aliphatic rings. The number of rotatable bonds is 5. The molecule has 17 heavy (non-hydrogen) atoms. The van der Waals surface area contributed by atoms with Gasteiger partial charge in [-0.25, -0.2) is 4.98 Å². The Hall–Kier alpha value is -0.610. The maximum absolute atomic E-state index is 6.07. The first-order chi connectivity index (χ1) is 8.27. The predicted octanol–water partition coefficient (Wildman–Crippen LogP) is 3.78. The average molecular weight is 287 g/mol. The van der Waals surface area contributed by atoms with Crippen molar-refractivity contribution < 1.29 is 0 Å². The number of aromatic nitrogens is 1. The Kier molecular flexibility index (Phi) is 4.80. The molecule has 0 unspecified atom stereocenters. The van der Waals surface area contributed by atoms with Crippen molar-refractivity contribution >= 4 is 34.5 Å². The number of halogens is 2. The quantitative estimate of drug-likeness (QED) is 0.846. The van der Waals surface area contributed by atoms with E-state index in [4.69, 9.17) is 23.2 Å². The second-order valence-corrected chi connectivity index (χ2v) is 5.14. The molecular weight excluding hydrogens is 275 g/mol. The Morgan fingerprint density at radius 3 is 2.65 bits per heavy atom. The largest absolute Gasteiger partial charge is 0.312 e. The van der Waals surface area contributed by atoms with Crippen LogP contribution in [-0.2, 0) is 13.0 Å². The third-order valence-electron chi connectivity index (χ3n) is 2.40. The van der Waals surface area contributed by atoms with Gasteiger partial charge in [0.05, 0.1) is 11.2 Å². The van der Waals surface area contributed by atoms with Gasteiger partial charge in [-0.05, 0) is 12.1 Å². The highest BCUT2D eigenvalue weighted by molar-refractivity contribution is 7.07. The summed E-state index contributed by atoms with van der Waals surface area (Å²) in [5, 5.41) is 6.79. The lowest BCUT2D eigenvalue weighted by Gasteiger charge is -2.07. The Labute approximate surface area is 115 Å². The monoisotopic (exact) mass is 286 g/mol. The van der Waals surface area contributed by atoms with Crippen molar-refractivity contribution in [2.24, 2.45) is 0 Å². The van der Waals surface area contributed by atoms with Crippen molar-refractivity contribution in [2.75, 3.05) is 6.54 Å². The van der Waals surface area contributed by atoms with Gasteiger partial charge in [0.2, 0.25) is 0 Å². The van der Waals surface area contributed by atoms with Crippen molar-refractivity contribution in [1.82, 2.24) is 10.3 Å². The fourth-order valence-electron chi connectivity index (χ4n) is 1.49. The normalized spacial score (nSPS) is 10.7. The standard InChI is InChI=1S/C12H12Cl2N2S/c13-11-2-1-3-12(14)10(11)6-15-5-4-9-7-17-8-16-9/h1-3,7-8,15H,4-6H2. The second-order valence-electron chi connectivity index (χ2n) is 3.61. The SMILES string of the molecule is Clc1cccc(Cl)c1CNCCc1cscn1. The van der Waals surface area contributed by atoms with E-state index in [1.54, 1.807) is 11.3 Å². The number of hydrogen-bond acceptors (Lipinski definition) is 3. The van der Waals surface area contributed by atoms with Crippen LogP contribution in [0.25, 0.3) is 0 Å². The molecule has 5 heteroatoms. The molecule has 0 fully saturated rings. The maximum atomic E-state index is 6.07. The molecule has 1 aromatic carbocycles. The lowest BCUT2D eigenvalue weighted by atomic mass is 10.2. The summed E-state index contributed by atoms with van der Waals surface area (Å²) in [5.74, 6) is 0. The van der Waals surface area contributed by atoms with E-state index < -0.39 is 0 Å². The summed E-state index contributed by atoms with van der Waals surface area (Å²) < 4.78 is 0. The van der Waals surface area contributed by atoms with Gasteiger partial charge in [0.1, 0.15) is 0 Å². The van der Waals surface area contributed by atoms with Crippen LogP contribution in [0.1, 0.15) is 11.3 Å². The lowest BCUT2D eigenvalue weighted by molar-refractivity contribution is 0.682.